The summed E-state index contributed by atoms with van der Waals surface area (Å²) in [4.78, 5) is 13.6. The molecule has 0 radical (unpaired) electrons. The van der Waals surface area contributed by atoms with Crippen molar-refractivity contribution in [3.63, 3.8) is 0 Å². The van der Waals surface area contributed by atoms with Crippen LogP contribution in [0.25, 0.3) is 0 Å². The molecule has 4 N–H and O–H groups in total. The molecular formula is C26H39ClFN5O4. The lowest BCUT2D eigenvalue weighted by molar-refractivity contribution is -0.205. The first-order valence-corrected chi connectivity index (χ1v) is 12.2. The number of nitrogens with two attached hydrogens (primary N) is 2. The Kier molecular flexibility index (Phi) is 14.0. The highest BCUT2D eigenvalue weighted by Crippen LogP contribution is 2.20. The van der Waals surface area contributed by atoms with Gasteiger partial charge in [0.15, 0.2) is 6.29 Å². The fraction of sp³-hybridized carbons (Fsp3) is 0.538. The van der Waals surface area contributed by atoms with Crippen molar-refractivity contribution in [1.82, 2.24) is 9.80 Å². The van der Waals surface area contributed by atoms with Gasteiger partial charge in [-0.15, -0.1) is 0 Å². The summed E-state index contributed by atoms with van der Waals surface area (Å²) in [5, 5.41) is 8.87. The normalized spacial score (nSPS) is 18.5. The average Bonchev–Trinajstić information content (AvgIpc) is 2.82. The molecule has 0 aromatic heterocycles. The Labute approximate surface area is 224 Å². The van der Waals surface area contributed by atoms with Crippen molar-refractivity contribution < 1.29 is 23.4 Å². The van der Waals surface area contributed by atoms with Gasteiger partial charge in [0, 0.05) is 32.0 Å². The van der Waals surface area contributed by atoms with Gasteiger partial charge in [-0.1, -0.05) is 17.7 Å². The molecule has 1 saturated heterocycles. The van der Waals surface area contributed by atoms with E-state index in [9.17, 15) is 9.18 Å². The van der Waals surface area contributed by atoms with Crippen LogP contribution in [0.4, 0.5) is 4.39 Å². The molecule has 37 heavy (non-hydrogen) atoms. The summed E-state index contributed by atoms with van der Waals surface area (Å²) < 4.78 is 30.0. The quantitative estimate of drug-likeness (QED) is 0.261. The maximum Gasteiger partial charge on any atom is 0.293 e. The Hall–Kier alpha value is -2.84. The molecule has 1 aromatic rings. The maximum absolute atomic E-state index is 13.8. The van der Waals surface area contributed by atoms with E-state index >= 15 is 0 Å². The molecule has 206 valence electrons. The van der Waals surface area contributed by atoms with Crippen molar-refractivity contribution in [1.29, 1.82) is 5.26 Å². The zero-order valence-corrected chi connectivity index (χ0v) is 23.0. The number of nitriles is 1. The Morgan fingerprint density at radius 3 is 2.41 bits per heavy atom. The van der Waals surface area contributed by atoms with Gasteiger partial charge >= 0.3 is 0 Å². The highest BCUT2D eigenvalue weighted by Gasteiger charge is 2.23. The first-order valence-electron chi connectivity index (χ1n) is 11.9. The van der Waals surface area contributed by atoms with Gasteiger partial charge in [0.25, 0.3) is 6.47 Å². The van der Waals surface area contributed by atoms with Gasteiger partial charge in [-0.05, 0) is 64.7 Å². The zero-order valence-electron chi connectivity index (χ0n) is 22.2. The number of carbonyl (C=O) groups is 1. The average molecular weight is 540 g/mol. The number of hydrogen-bond acceptors (Lipinski definition) is 9. The summed E-state index contributed by atoms with van der Waals surface area (Å²) in [6, 6.07) is 6.46. The van der Waals surface area contributed by atoms with Crippen LogP contribution in [0.2, 0.25) is 5.02 Å². The van der Waals surface area contributed by atoms with Crippen LogP contribution < -0.4 is 11.5 Å². The zero-order chi connectivity index (χ0) is 28.0. The summed E-state index contributed by atoms with van der Waals surface area (Å²) in [5.41, 5.74) is 12.2. The topological polar surface area (TPSA) is 127 Å². The van der Waals surface area contributed by atoms with E-state index in [-0.39, 0.29) is 22.6 Å². The number of carbonyl (C=O) groups excluding carboxylic acids is 1. The molecule has 2 rings (SSSR count). The summed E-state index contributed by atoms with van der Waals surface area (Å²) >= 11 is 5.77. The van der Waals surface area contributed by atoms with E-state index < -0.39 is 5.82 Å². The highest BCUT2D eigenvalue weighted by molar-refractivity contribution is 6.30. The Balaban J connectivity index is 0.000000856. The van der Waals surface area contributed by atoms with Crippen molar-refractivity contribution >= 4 is 18.1 Å². The summed E-state index contributed by atoms with van der Waals surface area (Å²) in [6.07, 6.45) is 3.24. The molecule has 1 aromatic carbocycles. The van der Waals surface area contributed by atoms with E-state index in [2.05, 4.69) is 9.64 Å². The van der Waals surface area contributed by atoms with Gasteiger partial charge in [0.1, 0.15) is 23.2 Å². The number of ether oxygens (including phenoxy) is 3. The second-order valence-corrected chi connectivity index (χ2v) is 10.2. The van der Waals surface area contributed by atoms with Crippen LogP contribution >= 0.6 is 11.6 Å². The van der Waals surface area contributed by atoms with Crippen molar-refractivity contribution in [3.8, 4) is 6.07 Å². The summed E-state index contributed by atoms with van der Waals surface area (Å²) in [7, 11) is 4.04. The third-order valence-electron chi connectivity index (χ3n) is 4.98. The number of allylic oxidation sites excluding steroid dienone is 3. The lowest BCUT2D eigenvalue weighted by Gasteiger charge is -2.33. The van der Waals surface area contributed by atoms with Crippen LogP contribution in [0, 0.1) is 23.1 Å². The molecule has 0 aliphatic carbocycles. The van der Waals surface area contributed by atoms with Gasteiger partial charge in [0.05, 0.1) is 24.1 Å². The molecule has 1 heterocycles. The molecule has 1 fully saturated rings. The number of halogens is 2. The van der Waals surface area contributed by atoms with Gasteiger partial charge in [0.2, 0.25) is 0 Å². The molecular weight excluding hydrogens is 501 g/mol. The highest BCUT2D eigenvalue weighted by atomic mass is 35.5. The number of benzene rings is 1. The lowest BCUT2D eigenvalue weighted by atomic mass is 10.1. The molecule has 0 saturated carbocycles. The Bertz CT molecular complexity index is 951. The number of nitrogens with zero attached hydrogens (tertiary/aromatic N) is 3. The molecule has 11 heteroatoms. The van der Waals surface area contributed by atoms with E-state index in [1.807, 2.05) is 45.8 Å². The standard InChI is InChI=1S/C21H29ClFN5O2.C5H10O2/c1-27(2)11-16-13-29-21(30-14-16)7-8-28(20(26)6-4-17(25)10-24)12-15-3-5-18(22)19(23)9-15;1-5(2,3)7-4-6/h3-6,9,16,21H,7-8,11-14,25-26H2,1-2H3;4H,1-3H3/b17-4-,20-6+;. The second-order valence-electron chi connectivity index (χ2n) is 9.83. The molecule has 0 unspecified atom stereocenters. The largest absolute Gasteiger partial charge is 0.462 e. The van der Waals surface area contributed by atoms with E-state index in [4.69, 9.17) is 37.8 Å². The predicted molar refractivity (Wildman–Crippen MR) is 141 cm³/mol. The summed E-state index contributed by atoms with van der Waals surface area (Å²) in [6.45, 7) is 8.96. The third kappa shape index (κ3) is 13.9. The Morgan fingerprint density at radius 1 is 1.27 bits per heavy atom. The minimum atomic E-state index is -0.490. The van der Waals surface area contributed by atoms with Crippen molar-refractivity contribution in [2.75, 3.05) is 40.4 Å². The van der Waals surface area contributed by atoms with Crippen molar-refractivity contribution in [2.24, 2.45) is 17.4 Å². The summed E-state index contributed by atoms with van der Waals surface area (Å²) in [5.74, 6) is 0.245. The van der Waals surface area contributed by atoms with Crippen LogP contribution in [0.5, 0.6) is 0 Å². The first kappa shape index (κ1) is 32.2. The minimum Gasteiger partial charge on any atom is -0.462 e. The third-order valence-corrected chi connectivity index (χ3v) is 5.29. The molecule has 0 atom stereocenters. The predicted octanol–water partition coefficient (Wildman–Crippen LogP) is 3.35. The first-order chi connectivity index (χ1) is 17.3. The fourth-order valence-corrected chi connectivity index (χ4v) is 3.37. The molecule has 1 aliphatic heterocycles. The molecule has 0 spiro atoms. The molecule has 1 aliphatic rings. The van der Waals surface area contributed by atoms with Crippen molar-refractivity contribution in [2.45, 2.75) is 45.6 Å². The monoisotopic (exact) mass is 539 g/mol. The number of rotatable bonds is 10. The molecule has 9 nitrogen and oxygen atoms in total. The lowest BCUT2D eigenvalue weighted by Crippen LogP contribution is -2.39. The van der Waals surface area contributed by atoms with Crippen molar-refractivity contribution in [3.05, 3.63) is 58.3 Å². The molecule has 0 amide bonds. The number of hydrogen-bond donors (Lipinski definition) is 2. The van der Waals surface area contributed by atoms with Gasteiger partial charge in [-0.2, -0.15) is 5.26 Å². The SMILES string of the molecule is CC(C)(C)OC=O.CN(C)CC1COC(CCN(Cc2ccc(Cl)c(F)c2)/C(N)=C/C=C(\N)C#N)OC1. The van der Waals surface area contributed by atoms with Gasteiger partial charge in [-0.3, -0.25) is 4.79 Å². The van der Waals surface area contributed by atoms with E-state index in [0.29, 0.717) is 56.5 Å². The molecule has 0 bridgehead atoms. The van der Waals surface area contributed by atoms with Crippen LogP contribution in [0.15, 0.2) is 41.9 Å². The van der Waals surface area contributed by atoms with Gasteiger partial charge < -0.3 is 35.5 Å². The van der Waals surface area contributed by atoms with Crippen LogP contribution in [0.1, 0.15) is 32.8 Å². The van der Waals surface area contributed by atoms with Crippen LogP contribution in [0.3, 0.4) is 0 Å². The van der Waals surface area contributed by atoms with E-state index in [0.717, 1.165) is 6.54 Å². The smallest absolute Gasteiger partial charge is 0.293 e. The van der Waals surface area contributed by atoms with Gasteiger partial charge in [-0.25, -0.2) is 4.39 Å². The van der Waals surface area contributed by atoms with Crippen LogP contribution in [-0.4, -0.2) is 68.6 Å². The minimum absolute atomic E-state index is 0.0429. The van der Waals surface area contributed by atoms with E-state index in [1.165, 1.54) is 18.2 Å². The second kappa shape index (κ2) is 16.1. The van der Waals surface area contributed by atoms with E-state index in [1.54, 1.807) is 12.1 Å². The fourth-order valence-electron chi connectivity index (χ4n) is 3.25. The maximum atomic E-state index is 13.8. The van der Waals surface area contributed by atoms with Crippen LogP contribution in [-0.2, 0) is 25.5 Å². The Morgan fingerprint density at radius 2 is 1.92 bits per heavy atom.